The van der Waals surface area contributed by atoms with Gasteiger partial charge < -0.3 is 14.8 Å². The highest BCUT2D eigenvalue weighted by molar-refractivity contribution is 5.84. The molecule has 1 atom stereocenters. The molecule has 0 unspecified atom stereocenters. The maximum atomic E-state index is 11.9. The van der Waals surface area contributed by atoms with Crippen LogP contribution in [-0.2, 0) is 14.3 Å². The molecule has 0 aliphatic heterocycles. The second kappa shape index (κ2) is 8.94. The number of methoxy groups -OCH3 is 1. The number of esters is 1. The summed E-state index contributed by atoms with van der Waals surface area (Å²) in [5, 5.41) is 12.5. The number of carbonyl (C=O) groups excluding carboxylic acids is 1. The van der Waals surface area contributed by atoms with Gasteiger partial charge in [-0.15, -0.1) is 0 Å². The molecule has 25 heavy (non-hydrogen) atoms. The van der Waals surface area contributed by atoms with Crippen LogP contribution in [0.1, 0.15) is 31.9 Å². The Morgan fingerprint density at radius 2 is 1.96 bits per heavy atom. The van der Waals surface area contributed by atoms with E-state index in [2.05, 4.69) is 15.3 Å². The molecule has 2 rings (SSSR count). The quantitative estimate of drug-likeness (QED) is 0.582. The summed E-state index contributed by atoms with van der Waals surface area (Å²) in [7, 11) is 1.25. The van der Waals surface area contributed by atoms with Crippen LogP contribution in [0.3, 0.4) is 0 Å². The third kappa shape index (κ3) is 4.88. The van der Waals surface area contributed by atoms with Crippen molar-refractivity contribution < 1.29 is 14.3 Å². The van der Waals surface area contributed by atoms with Crippen molar-refractivity contribution in [3.05, 3.63) is 30.0 Å². The van der Waals surface area contributed by atoms with Crippen LogP contribution in [-0.4, -0.2) is 42.3 Å². The van der Waals surface area contributed by atoms with Gasteiger partial charge in [0.1, 0.15) is 5.69 Å². The van der Waals surface area contributed by atoms with Crippen molar-refractivity contribution in [2.24, 2.45) is 0 Å². The number of carbonyl (C=O) groups is 1. The highest BCUT2D eigenvalue weighted by Crippen LogP contribution is 2.25. The van der Waals surface area contributed by atoms with E-state index in [9.17, 15) is 10.1 Å². The molecule has 7 nitrogen and oxygen atoms in total. The monoisotopic (exact) mass is 342 g/mol. The van der Waals surface area contributed by atoms with Crippen molar-refractivity contribution in [2.45, 2.75) is 32.3 Å². The third-order valence-electron chi connectivity index (χ3n) is 3.50. The molecule has 1 aromatic carbocycles. The molecule has 0 saturated carbocycles. The van der Waals surface area contributed by atoms with Gasteiger partial charge in [-0.25, -0.2) is 9.97 Å². The summed E-state index contributed by atoms with van der Waals surface area (Å²) in [6.45, 7) is 5.16. The number of nitrogens with one attached hydrogen (secondary N) is 1. The Balaban J connectivity index is 2.27. The fourth-order valence-corrected chi connectivity index (χ4v) is 2.29. The van der Waals surface area contributed by atoms with Crippen molar-refractivity contribution in [3.8, 4) is 6.07 Å². The van der Waals surface area contributed by atoms with E-state index in [1.54, 1.807) is 6.07 Å². The number of hydrogen-bond acceptors (Lipinski definition) is 7. The van der Waals surface area contributed by atoms with Crippen LogP contribution in [0.5, 0.6) is 0 Å². The first kappa shape index (κ1) is 18.6. The number of anilines is 1. The molecule has 7 heteroatoms. The SMILES string of the molecule is COC(=O)[C@H](C#N)c1nc2ccccc2nc1NCCCOC(C)C. The van der Waals surface area contributed by atoms with Gasteiger partial charge in [0.05, 0.1) is 30.3 Å². The van der Waals surface area contributed by atoms with Crippen molar-refractivity contribution in [2.75, 3.05) is 25.6 Å². The molecule has 0 fully saturated rings. The predicted molar refractivity (Wildman–Crippen MR) is 94.1 cm³/mol. The van der Waals surface area contributed by atoms with E-state index in [0.29, 0.717) is 30.0 Å². The number of para-hydroxylation sites is 2. The summed E-state index contributed by atoms with van der Waals surface area (Å²) in [6.07, 6.45) is 0.944. The van der Waals surface area contributed by atoms with Crippen molar-refractivity contribution in [1.29, 1.82) is 5.26 Å². The molecular weight excluding hydrogens is 320 g/mol. The van der Waals surface area contributed by atoms with Crippen LogP contribution in [0.25, 0.3) is 11.0 Å². The van der Waals surface area contributed by atoms with Gasteiger partial charge in [0.15, 0.2) is 11.7 Å². The van der Waals surface area contributed by atoms with E-state index in [4.69, 9.17) is 9.47 Å². The largest absolute Gasteiger partial charge is 0.468 e. The smallest absolute Gasteiger partial charge is 0.329 e. The van der Waals surface area contributed by atoms with E-state index < -0.39 is 11.9 Å². The summed E-state index contributed by atoms with van der Waals surface area (Å²) < 4.78 is 10.2. The number of hydrogen-bond donors (Lipinski definition) is 1. The Bertz CT molecular complexity index is 770. The zero-order valence-electron chi connectivity index (χ0n) is 14.7. The Kier molecular flexibility index (Phi) is 6.66. The van der Waals surface area contributed by atoms with E-state index in [-0.39, 0.29) is 11.8 Å². The van der Waals surface area contributed by atoms with Crippen LogP contribution in [0.15, 0.2) is 24.3 Å². The normalized spacial score (nSPS) is 12.0. The first-order valence-electron chi connectivity index (χ1n) is 8.16. The minimum atomic E-state index is -1.13. The molecule has 132 valence electrons. The van der Waals surface area contributed by atoms with Crippen LogP contribution < -0.4 is 5.32 Å². The predicted octanol–water partition coefficient (Wildman–Crippen LogP) is 2.64. The number of aromatic nitrogens is 2. The molecular formula is C18H22N4O3. The fraction of sp³-hybridized carbons (Fsp3) is 0.444. The average molecular weight is 342 g/mol. The van der Waals surface area contributed by atoms with Gasteiger partial charge in [-0.3, -0.25) is 4.79 Å². The molecule has 0 aliphatic carbocycles. The van der Waals surface area contributed by atoms with Crippen molar-refractivity contribution >= 4 is 22.8 Å². The Morgan fingerprint density at radius 1 is 1.28 bits per heavy atom. The second-order valence-electron chi connectivity index (χ2n) is 5.73. The maximum Gasteiger partial charge on any atom is 0.329 e. The van der Waals surface area contributed by atoms with Gasteiger partial charge in [-0.05, 0) is 32.4 Å². The summed E-state index contributed by atoms with van der Waals surface area (Å²) in [4.78, 5) is 20.9. The van der Waals surface area contributed by atoms with Crippen molar-refractivity contribution in [3.63, 3.8) is 0 Å². The molecule has 0 saturated heterocycles. The highest BCUT2D eigenvalue weighted by Gasteiger charge is 2.27. The van der Waals surface area contributed by atoms with Gasteiger partial charge >= 0.3 is 5.97 Å². The molecule has 0 aliphatic rings. The molecule has 0 radical (unpaired) electrons. The zero-order valence-corrected chi connectivity index (χ0v) is 14.7. The number of rotatable bonds is 8. The van der Waals surface area contributed by atoms with E-state index in [1.165, 1.54) is 7.11 Å². The van der Waals surface area contributed by atoms with Gasteiger partial charge in [-0.1, -0.05) is 12.1 Å². The first-order valence-corrected chi connectivity index (χ1v) is 8.16. The molecule has 1 N–H and O–H groups in total. The minimum Gasteiger partial charge on any atom is -0.468 e. The highest BCUT2D eigenvalue weighted by atomic mass is 16.5. The first-order chi connectivity index (χ1) is 12.1. The van der Waals surface area contributed by atoms with Gasteiger partial charge in [0.25, 0.3) is 0 Å². The Morgan fingerprint density at radius 3 is 2.56 bits per heavy atom. The van der Waals surface area contributed by atoms with Gasteiger partial charge in [0, 0.05) is 13.2 Å². The zero-order chi connectivity index (χ0) is 18.2. The molecule has 0 amide bonds. The van der Waals surface area contributed by atoms with Crippen molar-refractivity contribution in [1.82, 2.24) is 9.97 Å². The standard InChI is InChI=1S/C18H22N4O3/c1-12(2)25-10-6-9-20-17-16(13(11-19)18(23)24-3)21-14-7-4-5-8-15(14)22-17/h4-5,7-8,12-13H,6,9-10H2,1-3H3,(H,20,22)/t13-/m1/s1. The Hall–Kier alpha value is -2.72. The minimum absolute atomic E-state index is 0.179. The number of ether oxygens (including phenoxy) is 2. The lowest BCUT2D eigenvalue weighted by atomic mass is 10.1. The number of fused-ring (bicyclic) bond motifs is 1. The summed E-state index contributed by atoms with van der Waals surface area (Å²) in [5.74, 6) is -1.37. The molecule has 0 spiro atoms. The van der Waals surface area contributed by atoms with E-state index in [1.807, 2.05) is 38.1 Å². The fourth-order valence-electron chi connectivity index (χ4n) is 2.29. The number of nitriles is 1. The maximum absolute atomic E-state index is 11.9. The molecule has 2 aromatic rings. The number of nitrogens with zero attached hydrogens (tertiary/aromatic N) is 3. The van der Waals surface area contributed by atoms with Crippen LogP contribution in [0, 0.1) is 11.3 Å². The summed E-state index contributed by atoms with van der Waals surface area (Å²) in [5.41, 5.74) is 1.59. The third-order valence-corrected chi connectivity index (χ3v) is 3.50. The molecule has 1 aromatic heterocycles. The van der Waals surface area contributed by atoms with Gasteiger partial charge in [0.2, 0.25) is 0 Å². The average Bonchev–Trinajstić information content (AvgIpc) is 2.61. The summed E-state index contributed by atoms with van der Waals surface area (Å²) in [6, 6.07) is 9.26. The summed E-state index contributed by atoms with van der Waals surface area (Å²) >= 11 is 0. The molecule has 0 bridgehead atoms. The van der Waals surface area contributed by atoms with Crippen LogP contribution in [0.4, 0.5) is 5.82 Å². The van der Waals surface area contributed by atoms with Gasteiger partial charge in [-0.2, -0.15) is 5.26 Å². The lowest BCUT2D eigenvalue weighted by Gasteiger charge is -2.14. The van der Waals surface area contributed by atoms with Crippen LogP contribution in [0.2, 0.25) is 0 Å². The topological polar surface area (TPSA) is 97.1 Å². The number of benzene rings is 1. The van der Waals surface area contributed by atoms with E-state index in [0.717, 1.165) is 6.42 Å². The second-order valence-corrected chi connectivity index (χ2v) is 5.73. The lowest BCUT2D eigenvalue weighted by Crippen LogP contribution is -2.18. The Labute approximate surface area is 147 Å². The lowest BCUT2D eigenvalue weighted by molar-refractivity contribution is -0.141. The van der Waals surface area contributed by atoms with Crippen LogP contribution >= 0.6 is 0 Å². The van der Waals surface area contributed by atoms with E-state index >= 15 is 0 Å². The molecule has 1 heterocycles.